The molecule has 0 aliphatic rings. The lowest BCUT2D eigenvalue weighted by molar-refractivity contribution is -0.129. The summed E-state index contributed by atoms with van der Waals surface area (Å²) in [6.07, 6.45) is 1.33. The third kappa shape index (κ3) is 3.81. The number of aromatic nitrogens is 1. The number of hydrogen-bond acceptors (Lipinski definition) is 4. The van der Waals surface area contributed by atoms with Gasteiger partial charge in [-0.2, -0.15) is 0 Å². The van der Waals surface area contributed by atoms with E-state index in [9.17, 15) is 4.79 Å². The molecule has 1 aromatic carbocycles. The summed E-state index contributed by atoms with van der Waals surface area (Å²) in [5.74, 6) is 0.0508. The standard InChI is InChI=1S/C15H19N3OS/c1-3-11-4-6-12(7-5-11)9-18(2)14(19)8-13-10-20-15(16)17-13/h4-7,10H,3,8-9H2,1-2H3,(H2,16,17). The summed E-state index contributed by atoms with van der Waals surface area (Å²) < 4.78 is 0. The second-order valence-corrected chi connectivity index (χ2v) is 5.66. The summed E-state index contributed by atoms with van der Waals surface area (Å²) in [6, 6.07) is 8.36. The molecule has 0 fully saturated rings. The SMILES string of the molecule is CCc1ccc(CN(C)C(=O)Cc2csc(N)n2)cc1. The molecular formula is C15H19N3OS. The van der Waals surface area contributed by atoms with Crippen molar-refractivity contribution in [2.24, 2.45) is 0 Å². The average Bonchev–Trinajstić information content (AvgIpc) is 2.85. The van der Waals surface area contributed by atoms with Crippen LogP contribution in [0.5, 0.6) is 0 Å². The Morgan fingerprint density at radius 3 is 2.50 bits per heavy atom. The predicted octanol–water partition coefficient (Wildman–Crippen LogP) is 2.49. The summed E-state index contributed by atoms with van der Waals surface area (Å²) in [5.41, 5.74) is 8.75. The van der Waals surface area contributed by atoms with Crippen LogP contribution in [-0.2, 0) is 24.2 Å². The van der Waals surface area contributed by atoms with Gasteiger partial charge in [0.05, 0.1) is 12.1 Å². The van der Waals surface area contributed by atoms with Crippen LogP contribution in [0.25, 0.3) is 0 Å². The molecule has 2 N–H and O–H groups in total. The van der Waals surface area contributed by atoms with Crippen LogP contribution in [0.15, 0.2) is 29.6 Å². The maximum Gasteiger partial charge on any atom is 0.228 e. The number of amides is 1. The summed E-state index contributed by atoms with van der Waals surface area (Å²) in [4.78, 5) is 17.9. The zero-order valence-electron chi connectivity index (χ0n) is 11.8. The number of hydrogen-bond donors (Lipinski definition) is 1. The van der Waals surface area contributed by atoms with Gasteiger partial charge in [0, 0.05) is 19.0 Å². The van der Waals surface area contributed by atoms with Gasteiger partial charge in [0.15, 0.2) is 5.13 Å². The van der Waals surface area contributed by atoms with Gasteiger partial charge in [0.1, 0.15) is 0 Å². The van der Waals surface area contributed by atoms with Gasteiger partial charge in [-0.05, 0) is 17.5 Å². The molecule has 0 aliphatic carbocycles. The van der Waals surface area contributed by atoms with Crippen molar-refractivity contribution >= 4 is 22.4 Å². The first-order valence-electron chi connectivity index (χ1n) is 6.60. The fourth-order valence-electron chi connectivity index (χ4n) is 1.94. The normalized spacial score (nSPS) is 10.5. The monoisotopic (exact) mass is 289 g/mol. The van der Waals surface area contributed by atoms with Crippen LogP contribution in [0, 0.1) is 0 Å². The van der Waals surface area contributed by atoms with Crippen molar-refractivity contribution in [3.63, 3.8) is 0 Å². The first kappa shape index (κ1) is 14.5. The fourth-order valence-corrected chi connectivity index (χ4v) is 2.50. The lowest BCUT2D eigenvalue weighted by Crippen LogP contribution is -2.27. The molecule has 0 bridgehead atoms. The molecule has 0 saturated heterocycles. The minimum Gasteiger partial charge on any atom is -0.375 e. The number of carbonyl (C=O) groups excluding carboxylic acids is 1. The van der Waals surface area contributed by atoms with Crippen molar-refractivity contribution in [2.75, 3.05) is 12.8 Å². The minimum absolute atomic E-state index is 0.0508. The van der Waals surface area contributed by atoms with Gasteiger partial charge in [-0.15, -0.1) is 11.3 Å². The Morgan fingerprint density at radius 1 is 1.30 bits per heavy atom. The van der Waals surface area contributed by atoms with E-state index in [0.29, 0.717) is 18.1 Å². The van der Waals surface area contributed by atoms with Crippen molar-refractivity contribution in [2.45, 2.75) is 26.3 Å². The third-order valence-corrected chi connectivity index (χ3v) is 3.90. The molecule has 0 radical (unpaired) electrons. The summed E-state index contributed by atoms with van der Waals surface area (Å²) in [7, 11) is 1.81. The van der Waals surface area contributed by atoms with E-state index < -0.39 is 0 Å². The molecule has 106 valence electrons. The zero-order chi connectivity index (χ0) is 14.5. The van der Waals surface area contributed by atoms with Gasteiger partial charge < -0.3 is 10.6 Å². The van der Waals surface area contributed by atoms with Crippen LogP contribution in [0.2, 0.25) is 0 Å². The van der Waals surface area contributed by atoms with Gasteiger partial charge in [-0.25, -0.2) is 4.98 Å². The topological polar surface area (TPSA) is 59.2 Å². The fraction of sp³-hybridized carbons (Fsp3) is 0.333. The van der Waals surface area contributed by atoms with E-state index in [-0.39, 0.29) is 5.91 Å². The van der Waals surface area contributed by atoms with Crippen LogP contribution >= 0.6 is 11.3 Å². The van der Waals surface area contributed by atoms with Crippen molar-refractivity contribution in [3.8, 4) is 0 Å². The lowest BCUT2D eigenvalue weighted by atomic mass is 10.1. The molecule has 0 atom stereocenters. The summed E-state index contributed by atoms with van der Waals surface area (Å²) >= 11 is 1.36. The van der Waals surface area contributed by atoms with Gasteiger partial charge in [0.2, 0.25) is 5.91 Å². The van der Waals surface area contributed by atoms with Crippen LogP contribution in [0.3, 0.4) is 0 Å². The van der Waals surface area contributed by atoms with Crippen LogP contribution in [-0.4, -0.2) is 22.8 Å². The van der Waals surface area contributed by atoms with Gasteiger partial charge in [0.25, 0.3) is 0 Å². The number of aryl methyl sites for hydroxylation is 1. The van der Waals surface area contributed by atoms with Gasteiger partial charge in [-0.1, -0.05) is 31.2 Å². The molecule has 1 aromatic heterocycles. The first-order valence-corrected chi connectivity index (χ1v) is 7.48. The van der Waals surface area contributed by atoms with Crippen molar-refractivity contribution < 1.29 is 4.79 Å². The summed E-state index contributed by atoms with van der Waals surface area (Å²) in [6.45, 7) is 2.74. The van der Waals surface area contributed by atoms with E-state index in [4.69, 9.17) is 5.73 Å². The predicted molar refractivity (Wildman–Crippen MR) is 82.5 cm³/mol. The van der Waals surface area contributed by atoms with Gasteiger partial charge in [-0.3, -0.25) is 4.79 Å². The number of anilines is 1. The molecule has 20 heavy (non-hydrogen) atoms. The third-order valence-electron chi connectivity index (χ3n) is 3.18. The minimum atomic E-state index is 0.0508. The number of rotatable bonds is 5. The number of nitrogens with two attached hydrogens (primary N) is 1. The molecular weight excluding hydrogens is 270 g/mol. The number of nitrogen functional groups attached to an aromatic ring is 1. The smallest absolute Gasteiger partial charge is 0.228 e. The maximum absolute atomic E-state index is 12.1. The van der Waals surface area contributed by atoms with E-state index in [0.717, 1.165) is 17.7 Å². The van der Waals surface area contributed by atoms with Crippen LogP contribution in [0.4, 0.5) is 5.13 Å². The molecule has 0 spiro atoms. The Hall–Kier alpha value is -1.88. The molecule has 0 aliphatic heterocycles. The van der Waals surface area contributed by atoms with E-state index in [1.807, 2.05) is 12.4 Å². The van der Waals surface area contributed by atoms with E-state index >= 15 is 0 Å². The second kappa shape index (κ2) is 6.52. The van der Waals surface area contributed by atoms with Crippen molar-refractivity contribution in [1.29, 1.82) is 0 Å². The largest absolute Gasteiger partial charge is 0.375 e. The van der Waals surface area contributed by atoms with E-state index in [2.05, 4.69) is 36.2 Å². The zero-order valence-corrected chi connectivity index (χ0v) is 12.6. The van der Waals surface area contributed by atoms with E-state index in [1.165, 1.54) is 16.9 Å². The molecule has 0 saturated carbocycles. The summed E-state index contributed by atoms with van der Waals surface area (Å²) in [5, 5.41) is 2.34. The Labute approximate surface area is 123 Å². The molecule has 1 amide bonds. The quantitative estimate of drug-likeness (QED) is 0.920. The van der Waals surface area contributed by atoms with Gasteiger partial charge >= 0.3 is 0 Å². The molecule has 1 heterocycles. The highest BCUT2D eigenvalue weighted by Gasteiger charge is 2.12. The Morgan fingerprint density at radius 2 is 1.95 bits per heavy atom. The number of thiazole rings is 1. The Bertz CT molecular complexity index is 577. The number of likely N-dealkylation sites (N-methyl/N-ethyl adjacent to an activating group) is 1. The molecule has 4 nitrogen and oxygen atoms in total. The van der Waals surface area contributed by atoms with Crippen LogP contribution in [0.1, 0.15) is 23.7 Å². The first-order chi connectivity index (χ1) is 9.58. The molecule has 2 rings (SSSR count). The lowest BCUT2D eigenvalue weighted by Gasteiger charge is -2.17. The average molecular weight is 289 g/mol. The van der Waals surface area contributed by atoms with Crippen molar-refractivity contribution in [1.82, 2.24) is 9.88 Å². The Balaban J connectivity index is 1.92. The molecule has 5 heteroatoms. The molecule has 2 aromatic rings. The highest BCUT2D eigenvalue weighted by Crippen LogP contribution is 2.13. The highest BCUT2D eigenvalue weighted by molar-refractivity contribution is 7.13. The van der Waals surface area contributed by atoms with Crippen molar-refractivity contribution in [3.05, 3.63) is 46.5 Å². The van der Waals surface area contributed by atoms with Crippen LogP contribution < -0.4 is 5.73 Å². The number of nitrogens with zero attached hydrogens (tertiary/aromatic N) is 2. The van der Waals surface area contributed by atoms with E-state index in [1.54, 1.807) is 4.90 Å². The Kier molecular flexibility index (Phi) is 4.74. The molecule has 0 unspecified atom stereocenters. The highest BCUT2D eigenvalue weighted by atomic mass is 32.1. The second-order valence-electron chi connectivity index (χ2n) is 4.77. The number of benzene rings is 1. The maximum atomic E-state index is 12.1. The number of carbonyl (C=O) groups is 1.